The fraction of sp³-hybridized carbons (Fsp3) is 0.412. The molecule has 0 heteroatoms. The van der Waals surface area contributed by atoms with Crippen molar-refractivity contribution >= 4 is 5.57 Å². The Bertz CT molecular complexity index is 399. The molecule has 0 unspecified atom stereocenters. The van der Waals surface area contributed by atoms with Crippen molar-refractivity contribution in [1.29, 1.82) is 0 Å². The summed E-state index contributed by atoms with van der Waals surface area (Å²) in [5.74, 6) is 7.33. The van der Waals surface area contributed by atoms with E-state index in [1.807, 2.05) is 13.0 Å². The molecule has 1 aromatic rings. The van der Waals surface area contributed by atoms with Gasteiger partial charge in [-0.25, -0.2) is 0 Å². The lowest BCUT2D eigenvalue weighted by Crippen LogP contribution is -1.85. The van der Waals surface area contributed by atoms with Crippen molar-refractivity contribution in [2.75, 3.05) is 0 Å². The summed E-state index contributed by atoms with van der Waals surface area (Å²) in [6.45, 7) is 6.56. The molecule has 0 aliphatic carbocycles. The second-order valence-electron chi connectivity index (χ2n) is 4.66. The van der Waals surface area contributed by atoms with E-state index in [1.165, 1.54) is 18.4 Å². The molecule has 0 nitrogen and oxygen atoms in total. The molecule has 0 amide bonds. The third kappa shape index (κ3) is 5.41. The zero-order chi connectivity index (χ0) is 12.5. The molecular formula is C17H22. The predicted octanol–water partition coefficient (Wildman–Crippen LogP) is 4.92. The van der Waals surface area contributed by atoms with E-state index in [0.29, 0.717) is 0 Å². The van der Waals surface area contributed by atoms with Crippen LogP contribution in [0.2, 0.25) is 0 Å². The lowest BCUT2D eigenvalue weighted by atomic mass is 10.0. The molecule has 0 heterocycles. The lowest BCUT2D eigenvalue weighted by Gasteiger charge is -2.00. The number of rotatable bonds is 4. The minimum atomic E-state index is 0.784. The Morgan fingerprint density at radius 3 is 2.53 bits per heavy atom. The predicted molar refractivity (Wildman–Crippen MR) is 76.6 cm³/mol. The fourth-order valence-corrected chi connectivity index (χ4v) is 1.69. The minimum Gasteiger partial charge on any atom is -0.0979 e. The molecular weight excluding hydrogens is 204 g/mol. The van der Waals surface area contributed by atoms with E-state index >= 15 is 0 Å². The molecule has 90 valence electrons. The first kappa shape index (κ1) is 13.6. The van der Waals surface area contributed by atoms with Crippen molar-refractivity contribution in [1.82, 2.24) is 0 Å². The van der Waals surface area contributed by atoms with E-state index in [-0.39, 0.29) is 0 Å². The van der Waals surface area contributed by atoms with Gasteiger partial charge in [0.05, 0.1) is 0 Å². The first-order valence-corrected chi connectivity index (χ1v) is 6.44. The third-order valence-corrected chi connectivity index (χ3v) is 2.68. The highest BCUT2D eigenvalue weighted by atomic mass is 14.0. The molecule has 0 saturated carbocycles. The maximum absolute atomic E-state index is 3.27. The quantitative estimate of drug-likeness (QED) is 0.505. The molecule has 0 radical (unpaired) electrons. The van der Waals surface area contributed by atoms with E-state index in [0.717, 1.165) is 17.9 Å². The van der Waals surface area contributed by atoms with Crippen molar-refractivity contribution < 1.29 is 0 Å². The van der Waals surface area contributed by atoms with E-state index in [2.05, 4.69) is 56.0 Å². The average molecular weight is 226 g/mol. The van der Waals surface area contributed by atoms with Crippen molar-refractivity contribution in [3.63, 3.8) is 0 Å². The second kappa shape index (κ2) is 7.74. The highest BCUT2D eigenvalue weighted by Crippen LogP contribution is 2.12. The zero-order valence-corrected chi connectivity index (χ0v) is 11.2. The molecule has 0 atom stereocenters. The summed E-state index contributed by atoms with van der Waals surface area (Å²) in [6, 6.07) is 10.4. The number of unbranched alkanes of at least 4 members (excludes halogenated alkanes) is 1. The summed E-state index contributed by atoms with van der Waals surface area (Å²) < 4.78 is 0. The van der Waals surface area contributed by atoms with Gasteiger partial charge in [0.25, 0.3) is 0 Å². The van der Waals surface area contributed by atoms with Gasteiger partial charge < -0.3 is 0 Å². The molecule has 1 rings (SSSR count). The molecule has 0 aromatic heterocycles. The van der Waals surface area contributed by atoms with Crippen LogP contribution in [0.1, 0.15) is 45.6 Å². The van der Waals surface area contributed by atoms with Gasteiger partial charge in [-0.2, -0.15) is 0 Å². The maximum Gasteiger partial charge on any atom is 0.0275 e. The van der Waals surface area contributed by atoms with Gasteiger partial charge in [-0.1, -0.05) is 68.5 Å². The fourth-order valence-electron chi connectivity index (χ4n) is 1.69. The standard InChI is InChI=1S/C17H22/c1-4-16(17-13-9-6-10-14-17)12-8-5-7-11-15(2)3/h4,6,9-10,13-15H,5,7,11H2,1-3H3. The Hall–Kier alpha value is -1.48. The first-order chi connectivity index (χ1) is 8.24. The average Bonchev–Trinajstić information content (AvgIpc) is 2.34. The zero-order valence-electron chi connectivity index (χ0n) is 11.2. The van der Waals surface area contributed by atoms with E-state index in [4.69, 9.17) is 0 Å². The van der Waals surface area contributed by atoms with Crippen molar-refractivity contribution in [3.05, 3.63) is 42.0 Å². The summed E-state index contributed by atoms with van der Waals surface area (Å²) in [5.41, 5.74) is 2.35. The highest BCUT2D eigenvalue weighted by molar-refractivity contribution is 5.78. The topological polar surface area (TPSA) is 0 Å². The van der Waals surface area contributed by atoms with Crippen LogP contribution in [-0.4, -0.2) is 0 Å². The van der Waals surface area contributed by atoms with Gasteiger partial charge in [0.1, 0.15) is 0 Å². The molecule has 0 saturated heterocycles. The van der Waals surface area contributed by atoms with E-state index in [9.17, 15) is 0 Å². The summed E-state index contributed by atoms with van der Waals surface area (Å²) in [4.78, 5) is 0. The van der Waals surface area contributed by atoms with Crippen molar-refractivity contribution in [2.45, 2.75) is 40.0 Å². The van der Waals surface area contributed by atoms with Crippen LogP contribution < -0.4 is 0 Å². The van der Waals surface area contributed by atoms with E-state index in [1.54, 1.807) is 0 Å². The monoisotopic (exact) mass is 226 g/mol. The van der Waals surface area contributed by atoms with Crippen LogP contribution in [-0.2, 0) is 0 Å². The molecule has 0 aliphatic heterocycles. The van der Waals surface area contributed by atoms with Gasteiger partial charge in [-0.05, 0) is 24.8 Å². The van der Waals surface area contributed by atoms with Gasteiger partial charge in [-0.15, -0.1) is 0 Å². The second-order valence-corrected chi connectivity index (χ2v) is 4.66. The molecule has 1 aromatic carbocycles. The minimum absolute atomic E-state index is 0.784. The van der Waals surface area contributed by atoms with Gasteiger partial charge >= 0.3 is 0 Å². The lowest BCUT2D eigenvalue weighted by molar-refractivity contribution is 0.563. The smallest absolute Gasteiger partial charge is 0.0275 e. The van der Waals surface area contributed by atoms with Crippen LogP contribution in [0.25, 0.3) is 5.57 Å². The summed E-state index contributed by atoms with van der Waals surface area (Å²) in [7, 11) is 0. The van der Waals surface area contributed by atoms with Crippen molar-refractivity contribution in [3.8, 4) is 11.8 Å². The Morgan fingerprint density at radius 2 is 1.94 bits per heavy atom. The molecule has 0 N–H and O–H groups in total. The molecule has 0 bridgehead atoms. The van der Waals surface area contributed by atoms with Gasteiger partial charge in [0.2, 0.25) is 0 Å². The van der Waals surface area contributed by atoms with Crippen molar-refractivity contribution in [2.24, 2.45) is 5.92 Å². The largest absolute Gasteiger partial charge is 0.0979 e. The van der Waals surface area contributed by atoms with Crippen LogP contribution >= 0.6 is 0 Å². The Kier molecular flexibility index (Phi) is 6.18. The molecule has 0 fully saturated rings. The summed E-state index contributed by atoms with van der Waals surface area (Å²) in [5, 5.41) is 0. The van der Waals surface area contributed by atoms with Crippen LogP contribution in [0, 0.1) is 17.8 Å². The Labute approximate surface area is 106 Å². The Balaban J connectivity index is 2.52. The summed E-state index contributed by atoms with van der Waals surface area (Å²) in [6.07, 6.45) is 5.56. The number of hydrogen-bond donors (Lipinski definition) is 0. The maximum atomic E-state index is 3.27. The van der Waals surface area contributed by atoms with Crippen LogP contribution in [0.4, 0.5) is 0 Å². The van der Waals surface area contributed by atoms with Gasteiger partial charge in [0, 0.05) is 12.0 Å². The van der Waals surface area contributed by atoms with Gasteiger partial charge in [0.15, 0.2) is 0 Å². The van der Waals surface area contributed by atoms with Crippen LogP contribution in [0.5, 0.6) is 0 Å². The normalized spacial score (nSPS) is 11.2. The molecule has 0 spiro atoms. The van der Waals surface area contributed by atoms with E-state index < -0.39 is 0 Å². The molecule has 17 heavy (non-hydrogen) atoms. The summed E-state index contributed by atoms with van der Waals surface area (Å²) >= 11 is 0. The van der Waals surface area contributed by atoms with Gasteiger partial charge in [-0.3, -0.25) is 0 Å². The van der Waals surface area contributed by atoms with Crippen LogP contribution in [0.15, 0.2) is 36.4 Å². The highest BCUT2D eigenvalue weighted by Gasteiger charge is 1.95. The first-order valence-electron chi connectivity index (χ1n) is 6.44. The Morgan fingerprint density at radius 1 is 1.24 bits per heavy atom. The number of hydrogen-bond acceptors (Lipinski definition) is 0. The molecule has 0 aliphatic rings. The number of allylic oxidation sites excluding steroid dienone is 2. The number of benzene rings is 1. The third-order valence-electron chi connectivity index (χ3n) is 2.68. The SMILES string of the molecule is CC=C(C#CCCCC(C)C)c1ccccc1. The van der Waals surface area contributed by atoms with Crippen LogP contribution in [0.3, 0.4) is 0 Å².